The van der Waals surface area contributed by atoms with E-state index in [-0.39, 0.29) is 30.3 Å². The number of aliphatic hydroxyl groups excluding tert-OH is 2. The first-order chi connectivity index (χ1) is 11.9. The standard InChI is InChI=1S/C19H26O6/c1-11(2)18(22)24-15-7-13(9-20)5-4-6-14(10-21)8-16-17(15)12(3)19(23)25-16/h5,14-17,20-21H,1,3-4,6-10H2,2H3/b13-5+/t14-,15-,16-,17-/m1/s1. The number of esters is 2. The molecule has 2 N–H and O–H groups in total. The van der Waals surface area contributed by atoms with Gasteiger partial charge in [0, 0.05) is 24.2 Å². The second-order valence-corrected chi connectivity index (χ2v) is 6.81. The number of carbonyl (C=O) groups is 2. The van der Waals surface area contributed by atoms with Gasteiger partial charge in [-0.15, -0.1) is 0 Å². The third kappa shape index (κ3) is 4.58. The van der Waals surface area contributed by atoms with Crippen LogP contribution in [0.1, 0.15) is 32.6 Å². The van der Waals surface area contributed by atoms with Crippen LogP contribution in [0.4, 0.5) is 0 Å². The molecule has 0 spiro atoms. The maximum atomic E-state index is 12.1. The molecule has 0 aromatic carbocycles. The number of allylic oxidation sites excluding steroid dienone is 1. The molecule has 1 aliphatic heterocycles. The summed E-state index contributed by atoms with van der Waals surface area (Å²) in [5.41, 5.74) is 1.25. The summed E-state index contributed by atoms with van der Waals surface area (Å²) in [6, 6.07) is 0. The molecular weight excluding hydrogens is 324 g/mol. The van der Waals surface area contributed by atoms with Gasteiger partial charge in [0.2, 0.25) is 0 Å². The summed E-state index contributed by atoms with van der Waals surface area (Å²) in [6.45, 7) is 8.77. The van der Waals surface area contributed by atoms with E-state index < -0.39 is 30.1 Å². The van der Waals surface area contributed by atoms with E-state index in [2.05, 4.69) is 13.2 Å². The van der Waals surface area contributed by atoms with Crippen molar-refractivity contribution in [2.75, 3.05) is 13.2 Å². The van der Waals surface area contributed by atoms with Crippen LogP contribution in [0.25, 0.3) is 0 Å². The van der Waals surface area contributed by atoms with Gasteiger partial charge in [-0.25, -0.2) is 9.59 Å². The molecule has 1 saturated heterocycles. The summed E-state index contributed by atoms with van der Waals surface area (Å²) in [7, 11) is 0. The zero-order valence-corrected chi connectivity index (χ0v) is 14.6. The summed E-state index contributed by atoms with van der Waals surface area (Å²) in [5, 5.41) is 19.2. The summed E-state index contributed by atoms with van der Waals surface area (Å²) in [6.07, 6.45) is 2.93. The lowest BCUT2D eigenvalue weighted by molar-refractivity contribution is -0.148. The van der Waals surface area contributed by atoms with Crippen LogP contribution in [0.3, 0.4) is 0 Å². The minimum Gasteiger partial charge on any atom is -0.458 e. The molecule has 0 amide bonds. The van der Waals surface area contributed by atoms with Crippen LogP contribution in [-0.2, 0) is 19.1 Å². The number of carbonyl (C=O) groups excluding carboxylic acids is 2. The average molecular weight is 350 g/mol. The predicted molar refractivity (Wildman–Crippen MR) is 91.4 cm³/mol. The Morgan fingerprint density at radius 3 is 2.76 bits per heavy atom. The van der Waals surface area contributed by atoms with E-state index in [1.807, 2.05) is 6.08 Å². The third-order valence-electron chi connectivity index (χ3n) is 4.83. The van der Waals surface area contributed by atoms with Crippen LogP contribution in [-0.4, -0.2) is 47.6 Å². The quantitative estimate of drug-likeness (QED) is 0.455. The first kappa shape index (κ1) is 19.4. The number of rotatable bonds is 4. The Hall–Kier alpha value is -1.92. The van der Waals surface area contributed by atoms with Crippen molar-refractivity contribution in [3.8, 4) is 0 Å². The van der Waals surface area contributed by atoms with E-state index in [0.717, 1.165) is 12.0 Å². The molecule has 0 aromatic heterocycles. The van der Waals surface area contributed by atoms with Gasteiger partial charge >= 0.3 is 11.9 Å². The van der Waals surface area contributed by atoms with E-state index in [1.165, 1.54) is 0 Å². The fourth-order valence-electron chi connectivity index (χ4n) is 3.39. The minimum atomic E-state index is -0.677. The minimum absolute atomic E-state index is 0.0221. The summed E-state index contributed by atoms with van der Waals surface area (Å²) >= 11 is 0. The van der Waals surface area contributed by atoms with Crippen LogP contribution < -0.4 is 0 Å². The van der Waals surface area contributed by atoms with Gasteiger partial charge in [0.15, 0.2) is 0 Å². The van der Waals surface area contributed by atoms with Crippen molar-refractivity contribution in [3.05, 3.63) is 36.0 Å². The monoisotopic (exact) mass is 350 g/mol. The Labute approximate surface area is 147 Å². The van der Waals surface area contributed by atoms with E-state index >= 15 is 0 Å². The van der Waals surface area contributed by atoms with Gasteiger partial charge in [-0.05, 0) is 37.7 Å². The van der Waals surface area contributed by atoms with Crippen LogP contribution >= 0.6 is 0 Å². The Balaban J connectivity index is 2.37. The second-order valence-electron chi connectivity index (χ2n) is 6.81. The maximum absolute atomic E-state index is 12.1. The highest BCUT2D eigenvalue weighted by atomic mass is 16.6. The molecule has 1 heterocycles. The van der Waals surface area contributed by atoms with Crippen molar-refractivity contribution in [3.63, 3.8) is 0 Å². The molecule has 0 unspecified atom stereocenters. The zero-order chi connectivity index (χ0) is 18.6. The van der Waals surface area contributed by atoms with Crippen LogP contribution in [0.15, 0.2) is 36.0 Å². The highest BCUT2D eigenvalue weighted by molar-refractivity contribution is 5.91. The molecule has 4 atom stereocenters. The molecular formula is C19H26O6. The molecule has 2 aliphatic rings. The van der Waals surface area contributed by atoms with E-state index in [4.69, 9.17) is 9.47 Å². The number of hydrogen-bond donors (Lipinski definition) is 2. The molecule has 2 rings (SSSR count). The molecule has 0 saturated carbocycles. The van der Waals surface area contributed by atoms with Crippen LogP contribution in [0.2, 0.25) is 0 Å². The number of hydrogen-bond acceptors (Lipinski definition) is 6. The first-order valence-corrected chi connectivity index (χ1v) is 8.53. The predicted octanol–water partition coefficient (Wildman–Crippen LogP) is 1.67. The molecule has 1 fully saturated rings. The molecule has 0 aromatic rings. The van der Waals surface area contributed by atoms with Gasteiger partial charge in [0.05, 0.1) is 12.5 Å². The molecule has 6 nitrogen and oxygen atoms in total. The van der Waals surface area contributed by atoms with Crippen molar-refractivity contribution < 1.29 is 29.3 Å². The Bertz CT molecular complexity index is 591. The Morgan fingerprint density at radius 2 is 2.16 bits per heavy atom. The van der Waals surface area contributed by atoms with E-state index in [1.54, 1.807) is 6.92 Å². The third-order valence-corrected chi connectivity index (χ3v) is 4.83. The van der Waals surface area contributed by atoms with Crippen molar-refractivity contribution in [2.45, 2.75) is 44.8 Å². The van der Waals surface area contributed by atoms with E-state index in [9.17, 15) is 19.8 Å². The van der Waals surface area contributed by atoms with Crippen molar-refractivity contribution >= 4 is 11.9 Å². The summed E-state index contributed by atoms with van der Waals surface area (Å²) in [4.78, 5) is 24.1. The average Bonchev–Trinajstić information content (AvgIpc) is 2.85. The smallest absolute Gasteiger partial charge is 0.334 e. The van der Waals surface area contributed by atoms with Crippen molar-refractivity contribution in [1.82, 2.24) is 0 Å². The van der Waals surface area contributed by atoms with Gasteiger partial charge < -0.3 is 19.7 Å². The number of aliphatic hydroxyl groups is 2. The molecule has 1 aliphatic carbocycles. The maximum Gasteiger partial charge on any atom is 0.334 e. The first-order valence-electron chi connectivity index (χ1n) is 8.53. The lowest BCUT2D eigenvalue weighted by atomic mass is 9.81. The molecule has 6 heteroatoms. The van der Waals surface area contributed by atoms with Crippen molar-refractivity contribution in [2.24, 2.45) is 11.8 Å². The zero-order valence-electron chi connectivity index (χ0n) is 14.6. The largest absolute Gasteiger partial charge is 0.458 e. The lowest BCUT2D eigenvalue weighted by Crippen LogP contribution is -2.36. The van der Waals surface area contributed by atoms with Gasteiger partial charge in [-0.2, -0.15) is 0 Å². The Morgan fingerprint density at radius 1 is 1.44 bits per heavy atom. The normalized spacial score (nSPS) is 32.2. The lowest BCUT2D eigenvalue weighted by Gasteiger charge is -2.30. The number of ether oxygens (including phenoxy) is 2. The summed E-state index contributed by atoms with van der Waals surface area (Å²) < 4.78 is 11.0. The second kappa shape index (κ2) is 8.45. The molecule has 138 valence electrons. The number of fused-ring (bicyclic) bond motifs is 1. The Kier molecular flexibility index (Phi) is 6.56. The fourth-order valence-corrected chi connectivity index (χ4v) is 3.39. The molecule has 0 bridgehead atoms. The van der Waals surface area contributed by atoms with Gasteiger partial charge in [-0.3, -0.25) is 0 Å². The van der Waals surface area contributed by atoms with Crippen LogP contribution in [0, 0.1) is 11.8 Å². The van der Waals surface area contributed by atoms with E-state index in [0.29, 0.717) is 19.3 Å². The fraction of sp³-hybridized carbons (Fsp3) is 0.579. The van der Waals surface area contributed by atoms with Gasteiger partial charge in [0.1, 0.15) is 12.2 Å². The topological polar surface area (TPSA) is 93.1 Å². The molecule has 0 radical (unpaired) electrons. The van der Waals surface area contributed by atoms with Gasteiger partial charge in [-0.1, -0.05) is 19.2 Å². The van der Waals surface area contributed by atoms with Crippen LogP contribution in [0.5, 0.6) is 0 Å². The van der Waals surface area contributed by atoms with Gasteiger partial charge in [0.25, 0.3) is 0 Å². The highest BCUT2D eigenvalue weighted by Crippen LogP contribution is 2.38. The SMILES string of the molecule is C=C(C)C(=O)O[C@@H]1C/C(CO)=C\CC[C@@H](CO)C[C@H]2OC(=O)C(=C)[C@H]12. The van der Waals surface area contributed by atoms with Crippen molar-refractivity contribution in [1.29, 1.82) is 0 Å². The highest BCUT2D eigenvalue weighted by Gasteiger charge is 2.46. The summed E-state index contributed by atoms with van der Waals surface area (Å²) in [5.74, 6) is -1.60. The molecule has 25 heavy (non-hydrogen) atoms.